The highest BCUT2D eigenvalue weighted by atomic mass is 32.2. The summed E-state index contributed by atoms with van der Waals surface area (Å²) in [6.07, 6.45) is 2.98. The monoisotopic (exact) mass is 454 g/mol. The molecule has 1 aliphatic rings. The second-order valence-electron chi connectivity index (χ2n) is 8.00. The van der Waals surface area contributed by atoms with Gasteiger partial charge in [-0.1, -0.05) is 19.1 Å². The lowest BCUT2D eigenvalue weighted by Crippen LogP contribution is -2.25. The number of carbonyl (C=O) groups excluding carboxylic acids is 1. The number of benzene rings is 2. The molecule has 4 rings (SSSR count). The number of nitrogens with zero attached hydrogens (tertiary/aromatic N) is 2. The predicted molar refractivity (Wildman–Crippen MR) is 125 cm³/mol. The van der Waals surface area contributed by atoms with Gasteiger partial charge in [0.2, 0.25) is 15.9 Å². The van der Waals surface area contributed by atoms with E-state index in [2.05, 4.69) is 15.0 Å². The van der Waals surface area contributed by atoms with Gasteiger partial charge in [-0.05, 0) is 55.7 Å². The van der Waals surface area contributed by atoms with Crippen LogP contribution in [-0.4, -0.2) is 29.6 Å². The molecule has 1 saturated carbocycles. The Bertz CT molecular complexity index is 1300. The summed E-state index contributed by atoms with van der Waals surface area (Å²) >= 11 is 0. The van der Waals surface area contributed by atoms with Crippen LogP contribution in [0.15, 0.2) is 53.3 Å². The van der Waals surface area contributed by atoms with Crippen molar-refractivity contribution in [3.8, 4) is 0 Å². The molecule has 1 aliphatic carbocycles. The van der Waals surface area contributed by atoms with Crippen LogP contribution in [-0.2, 0) is 21.2 Å². The Labute approximate surface area is 186 Å². The number of nitrogens with one attached hydrogen (secondary N) is 2. The van der Waals surface area contributed by atoms with Crippen LogP contribution in [0.25, 0.3) is 10.9 Å². The summed E-state index contributed by atoms with van der Waals surface area (Å²) in [5.41, 5.74) is 1.62. The molecule has 2 aromatic carbocycles. The summed E-state index contributed by atoms with van der Waals surface area (Å²) in [4.78, 5) is 30.1. The van der Waals surface area contributed by atoms with Crippen LogP contribution in [0, 0.1) is 0 Å². The van der Waals surface area contributed by atoms with Gasteiger partial charge < -0.3 is 5.32 Å². The fourth-order valence-corrected chi connectivity index (χ4v) is 4.78. The molecule has 32 heavy (non-hydrogen) atoms. The summed E-state index contributed by atoms with van der Waals surface area (Å²) in [6, 6.07) is 14.0. The van der Waals surface area contributed by atoms with Crippen molar-refractivity contribution >= 4 is 38.2 Å². The van der Waals surface area contributed by atoms with Gasteiger partial charge in [0.1, 0.15) is 5.82 Å². The first-order valence-electron chi connectivity index (χ1n) is 10.8. The van der Waals surface area contributed by atoms with Crippen LogP contribution in [0.4, 0.5) is 11.4 Å². The summed E-state index contributed by atoms with van der Waals surface area (Å²) in [5, 5.41) is 3.41. The molecule has 0 atom stereocenters. The Morgan fingerprint density at radius 1 is 1.09 bits per heavy atom. The second kappa shape index (κ2) is 9.12. The average molecular weight is 455 g/mol. The summed E-state index contributed by atoms with van der Waals surface area (Å²) in [5.74, 6) is 0.487. The third-order valence-electron chi connectivity index (χ3n) is 5.28. The minimum Gasteiger partial charge on any atom is -0.326 e. The number of fused-ring (bicyclic) bond motifs is 1. The van der Waals surface area contributed by atoms with Gasteiger partial charge in [0.25, 0.3) is 5.56 Å². The Morgan fingerprint density at radius 2 is 1.78 bits per heavy atom. The SMILES string of the molecule is CCCS(=O)(=O)Nc1ccc(NC(=O)CCc2nc3ccccc3c(=O)n2C2CC2)cc1. The number of carbonyl (C=O) groups is 1. The smallest absolute Gasteiger partial charge is 0.261 e. The van der Waals surface area contributed by atoms with Crippen LogP contribution in [0.2, 0.25) is 0 Å². The highest BCUT2D eigenvalue weighted by Gasteiger charge is 2.28. The number of hydrogen-bond acceptors (Lipinski definition) is 5. The van der Waals surface area contributed by atoms with Crippen molar-refractivity contribution in [3.63, 3.8) is 0 Å². The first-order chi connectivity index (χ1) is 15.4. The van der Waals surface area contributed by atoms with Crippen molar-refractivity contribution < 1.29 is 13.2 Å². The molecule has 1 heterocycles. The summed E-state index contributed by atoms with van der Waals surface area (Å²) in [6.45, 7) is 1.80. The summed E-state index contributed by atoms with van der Waals surface area (Å²) < 4.78 is 28.0. The van der Waals surface area contributed by atoms with E-state index in [1.165, 1.54) is 0 Å². The molecule has 0 unspecified atom stereocenters. The number of anilines is 2. The molecule has 0 radical (unpaired) electrons. The Hall–Kier alpha value is -3.20. The molecule has 9 heteroatoms. The number of hydrogen-bond donors (Lipinski definition) is 2. The van der Waals surface area contributed by atoms with Crippen LogP contribution in [0.5, 0.6) is 0 Å². The van der Waals surface area contributed by atoms with E-state index >= 15 is 0 Å². The van der Waals surface area contributed by atoms with Gasteiger partial charge in [0.05, 0.1) is 16.7 Å². The van der Waals surface area contributed by atoms with Crippen molar-refractivity contribution in [2.45, 2.75) is 45.1 Å². The lowest BCUT2D eigenvalue weighted by atomic mass is 10.2. The number of aromatic nitrogens is 2. The normalized spacial score (nSPS) is 13.8. The number of para-hydroxylation sites is 1. The zero-order chi connectivity index (χ0) is 22.7. The van der Waals surface area contributed by atoms with Gasteiger partial charge in [-0.25, -0.2) is 13.4 Å². The Kier molecular flexibility index (Phi) is 6.27. The maximum Gasteiger partial charge on any atom is 0.261 e. The zero-order valence-electron chi connectivity index (χ0n) is 17.9. The molecular weight excluding hydrogens is 428 g/mol. The summed E-state index contributed by atoms with van der Waals surface area (Å²) in [7, 11) is -3.36. The zero-order valence-corrected chi connectivity index (χ0v) is 18.7. The largest absolute Gasteiger partial charge is 0.326 e. The molecule has 1 amide bonds. The van der Waals surface area contributed by atoms with Crippen molar-refractivity contribution in [3.05, 3.63) is 64.7 Å². The van der Waals surface area contributed by atoms with Crippen LogP contribution in [0.3, 0.4) is 0 Å². The van der Waals surface area contributed by atoms with Gasteiger partial charge in [0.15, 0.2) is 0 Å². The first-order valence-corrected chi connectivity index (χ1v) is 12.4. The topological polar surface area (TPSA) is 110 Å². The fraction of sp³-hybridized carbons (Fsp3) is 0.348. The maximum atomic E-state index is 12.9. The minimum absolute atomic E-state index is 0.0466. The molecule has 2 N–H and O–H groups in total. The molecule has 0 spiro atoms. The number of amides is 1. The first kappa shape index (κ1) is 22.0. The predicted octanol–water partition coefficient (Wildman–Crippen LogP) is 3.45. The lowest BCUT2D eigenvalue weighted by molar-refractivity contribution is -0.116. The van der Waals surface area contributed by atoms with Crippen molar-refractivity contribution in [2.24, 2.45) is 0 Å². The van der Waals surface area contributed by atoms with Crippen LogP contribution < -0.4 is 15.6 Å². The molecule has 3 aromatic rings. The Morgan fingerprint density at radius 3 is 2.47 bits per heavy atom. The van der Waals surface area contributed by atoms with E-state index in [0.717, 1.165) is 12.8 Å². The van der Waals surface area contributed by atoms with Crippen LogP contribution in [0.1, 0.15) is 44.5 Å². The van der Waals surface area contributed by atoms with Crippen molar-refractivity contribution in [1.82, 2.24) is 9.55 Å². The van der Waals surface area contributed by atoms with Crippen LogP contribution >= 0.6 is 0 Å². The van der Waals surface area contributed by atoms with E-state index in [0.29, 0.717) is 40.9 Å². The average Bonchev–Trinajstić information content (AvgIpc) is 3.58. The highest BCUT2D eigenvalue weighted by Crippen LogP contribution is 2.35. The van der Waals surface area contributed by atoms with E-state index in [9.17, 15) is 18.0 Å². The van der Waals surface area contributed by atoms with Crippen molar-refractivity contribution in [1.29, 1.82) is 0 Å². The molecule has 168 valence electrons. The van der Waals surface area contributed by atoms with Gasteiger partial charge in [-0.2, -0.15) is 0 Å². The standard InChI is InChI=1S/C23H26N4O4S/c1-2-15-32(30,31)26-17-9-7-16(8-10-17)24-22(28)14-13-21-25-20-6-4-3-5-19(20)23(29)27(21)18-11-12-18/h3-10,18,26H,2,11-15H2,1H3,(H,24,28). The van der Waals surface area contributed by atoms with E-state index in [-0.39, 0.29) is 29.7 Å². The lowest BCUT2D eigenvalue weighted by Gasteiger charge is -2.13. The molecular formula is C23H26N4O4S. The minimum atomic E-state index is -3.36. The number of sulfonamides is 1. The van der Waals surface area contributed by atoms with Crippen molar-refractivity contribution in [2.75, 3.05) is 15.8 Å². The maximum absolute atomic E-state index is 12.9. The van der Waals surface area contributed by atoms with Gasteiger partial charge in [0, 0.05) is 30.3 Å². The molecule has 1 aromatic heterocycles. The Balaban J connectivity index is 1.42. The van der Waals surface area contributed by atoms with E-state index in [4.69, 9.17) is 0 Å². The van der Waals surface area contributed by atoms with Gasteiger partial charge in [-0.3, -0.25) is 18.9 Å². The van der Waals surface area contributed by atoms with Gasteiger partial charge >= 0.3 is 0 Å². The molecule has 0 saturated heterocycles. The van der Waals surface area contributed by atoms with E-state index in [1.807, 2.05) is 18.2 Å². The molecule has 0 aliphatic heterocycles. The highest BCUT2D eigenvalue weighted by molar-refractivity contribution is 7.92. The number of rotatable bonds is 9. The number of aryl methyl sites for hydroxylation is 1. The molecule has 8 nitrogen and oxygen atoms in total. The van der Waals surface area contributed by atoms with E-state index < -0.39 is 10.0 Å². The third kappa shape index (κ3) is 5.16. The quantitative estimate of drug-likeness (QED) is 0.515. The molecule has 0 bridgehead atoms. The van der Waals surface area contributed by atoms with E-state index in [1.54, 1.807) is 41.8 Å². The third-order valence-corrected chi connectivity index (χ3v) is 6.78. The fourth-order valence-electron chi connectivity index (χ4n) is 3.65. The molecule has 1 fully saturated rings. The second-order valence-corrected chi connectivity index (χ2v) is 9.84. The van der Waals surface area contributed by atoms with Gasteiger partial charge in [-0.15, -0.1) is 0 Å².